The van der Waals surface area contributed by atoms with Crippen LogP contribution in [0.25, 0.3) is 0 Å². The molecular formula is C14H21N5O. The van der Waals surface area contributed by atoms with E-state index in [0.717, 1.165) is 25.1 Å². The highest BCUT2D eigenvalue weighted by Crippen LogP contribution is 2.19. The Balaban J connectivity index is 1.48. The summed E-state index contributed by atoms with van der Waals surface area (Å²) < 4.78 is 0. The van der Waals surface area contributed by atoms with Gasteiger partial charge in [0.25, 0.3) is 0 Å². The molecule has 1 aromatic heterocycles. The standard InChI is InChI=1S/C14H21N5O/c20-14(17-9-10-4-3-7-15-10)13-8-12(18-19-13)11-5-1-2-6-16-11/h1-2,5-6,10,12-13,15,18-19H,3-4,7-9H2,(H,17,20)/t10-,12?,13?/m1/s1. The summed E-state index contributed by atoms with van der Waals surface area (Å²) in [5, 5.41) is 6.39. The van der Waals surface area contributed by atoms with Gasteiger partial charge in [-0.3, -0.25) is 9.78 Å². The molecule has 6 heteroatoms. The van der Waals surface area contributed by atoms with Crippen molar-refractivity contribution in [1.82, 2.24) is 26.5 Å². The van der Waals surface area contributed by atoms with Crippen LogP contribution in [0.15, 0.2) is 24.4 Å². The van der Waals surface area contributed by atoms with E-state index in [1.165, 1.54) is 6.42 Å². The highest BCUT2D eigenvalue weighted by molar-refractivity contribution is 5.82. The average molecular weight is 275 g/mol. The summed E-state index contributed by atoms with van der Waals surface area (Å²) in [6, 6.07) is 6.16. The van der Waals surface area contributed by atoms with Gasteiger partial charge < -0.3 is 10.6 Å². The van der Waals surface area contributed by atoms with Crippen LogP contribution in [0.3, 0.4) is 0 Å². The molecule has 0 spiro atoms. The van der Waals surface area contributed by atoms with Gasteiger partial charge in [-0.25, -0.2) is 10.9 Å². The lowest BCUT2D eigenvalue weighted by Crippen LogP contribution is -2.46. The predicted molar refractivity (Wildman–Crippen MR) is 75.7 cm³/mol. The first-order valence-electron chi connectivity index (χ1n) is 7.26. The Bertz CT molecular complexity index is 446. The first-order chi connectivity index (χ1) is 9.83. The number of hydrazine groups is 1. The third-order valence-corrected chi connectivity index (χ3v) is 3.95. The van der Waals surface area contributed by atoms with E-state index in [9.17, 15) is 4.79 Å². The second-order valence-corrected chi connectivity index (χ2v) is 5.42. The Labute approximate surface area is 118 Å². The number of pyridine rings is 1. The van der Waals surface area contributed by atoms with Gasteiger partial charge in [-0.15, -0.1) is 0 Å². The molecule has 6 nitrogen and oxygen atoms in total. The molecule has 2 unspecified atom stereocenters. The molecule has 2 aliphatic rings. The highest BCUT2D eigenvalue weighted by Gasteiger charge is 2.30. The molecule has 3 rings (SSSR count). The largest absolute Gasteiger partial charge is 0.353 e. The lowest BCUT2D eigenvalue weighted by Gasteiger charge is -2.14. The maximum Gasteiger partial charge on any atom is 0.238 e. The molecule has 2 aliphatic heterocycles. The van der Waals surface area contributed by atoms with Gasteiger partial charge in [-0.1, -0.05) is 6.07 Å². The van der Waals surface area contributed by atoms with Crippen LogP contribution in [-0.2, 0) is 4.79 Å². The minimum atomic E-state index is -0.191. The van der Waals surface area contributed by atoms with Crippen molar-refractivity contribution >= 4 is 5.91 Å². The first kappa shape index (κ1) is 13.5. The zero-order valence-corrected chi connectivity index (χ0v) is 11.4. The molecule has 108 valence electrons. The summed E-state index contributed by atoms with van der Waals surface area (Å²) in [7, 11) is 0. The smallest absolute Gasteiger partial charge is 0.238 e. The summed E-state index contributed by atoms with van der Waals surface area (Å²) in [5.74, 6) is 0.0598. The fourth-order valence-corrected chi connectivity index (χ4v) is 2.78. The van der Waals surface area contributed by atoms with E-state index in [0.29, 0.717) is 12.6 Å². The Morgan fingerprint density at radius 3 is 3.10 bits per heavy atom. The van der Waals surface area contributed by atoms with E-state index in [1.54, 1.807) is 6.20 Å². The summed E-state index contributed by atoms with van der Waals surface area (Å²) in [4.78, 5) is 16.4. The van der Waals surface area contributed by atoms with Crippen molar-refractivity contribution in [3.63, 3.8) is 0 Å². The van der Waals surface area contributed by atoms with E-state index >= 15 is 0 Å². The fourth-order valence-electron chi connectivity index (χ4n) is 2.78. The van der Waals surface area contributed by atoms with Crippen molar-refractivity contribution < 1.29 is 4.79 Å². The van der Waals surface area contributed by atoms with Gasteiger partial charge in [-0.2, -0.15) is 0 Å². The number of nitrogens with one attached hydrogen (secondary N) is 4. The molecule has 4 N–H and O–H groups in total. The average Bonchev–Trinajstić information content (AvgIpc) is 3.17. The zero-order chi connectivity index (χ0) is 13.8. The van der Waals surface area contributed by atoms with Gasteiger partial charge in [-0.05, 0) is 37.9 Å². The van der Waals surface area contributed by atoms with Crippen LogP contribution in [0, 0.1) is 0 Å². The quantitative estimate of drug-likeness (QED) is 0.615. The molecule has 0 aromatic carbocycles. The van der Waals surface area contributed by atoms with Gasteiger partial charge in [0.15, 0.2) is 0 Å². The Kier molecular flexibility index (Phi) is 4.25. The Hall–Kier alpha value is -1.50. The molecule has 0 aliphatic carbocycles. The van der Waals surface area contributed by atoms with Crippen LogP contribution < -0.4 is 21.5 Å². The number of rotatable bonds is 4. The predicted octanol–water partition coefficient (Wildman–Crippen LogP) is -0.143. The molecule has 0 bridgehead atoms. The van der Waals surface area contributed by atoms with Gasteiger partial charge in [0.1, 0.15) is 6.04 Å². The lowest BCUT2D eigenvalue weighted by atomic mass is 10.1. The molecule has 2 fully saturated rings. The van der Waals surface area contributed by atoms with E-state index in [4.69, 9.17) is 0 Å². The monoisotopic (exact) mass is 275 g/mol. The van der Waals surface area contributed by atoms with E-state index < -0.39 is 0 Å². The van der Waals surface area contributed by atoms with Crippen molar-refractivity contribution in [3.8, 4) is 0 Å². The number of aromatic nitrogens is 1. The minimum Gasteiger partial charge on any atom is -0.353 e. The maximum absolute atomic E-state index is 12.1. The number of hydrogen-bond donors (Lipinski definition) is 4. The van der Waals surface area contributed by atoms with Gasteiger partial charge in [0.05, 0.1) is 11.7 Å². The maximum atomic E-state index is 12.1. The van der Waals surface area contributed by atoms with Gasteiger partial charge in [0.2, 0.25) is 5.91 Å². The van der Waals surface area contributed by atoms with Gasteiger partial charge in [0, 0.05) is 18.8 Å². The molecule has 1 amide bonds. The zero-order valence-electron chi connectivity index (χ0n) is 11.4. The van der Waals surface area contributed by atoms with Crippen molar-refractivity contribution in [3.05, 3.63) is 30.1 Å². The van der Waals surface area contributed by atoms with Crippen LogP contribution >= 0.6 is 0 Å². The normalized spacial score (nSPS) is 29.5. The summed E-state index contributed by atoms with van der Waals surface area (Å²) in [6.45, 7) is 1.77. The van der Waals surface area contributed by atoms with Crippen molar-refractivity contribution in [1.29, 1.82) is 0 Å². The van der Waals surface area contributed by atoms with Crippen LogP contribution in [0.1, 0.15) is 31.0 Å². The summed E-state index contributed by atoms with van der Waals surface area (Å²) in [5.41, 5.74) is 7.17. The number of carbonyl (C=O) groups excluding carboxylic acids is 1. The Morgan fingerprint density at radius 1 is 1.40 bits per heavy atom. The molecule has 0 radical (unpaired) electrons. The van der Waals surface area contributed by atoms with Gasteiger partial charge >= 0.3 is 0 Å². The topological polar surface area (TPSA) is 78.1 Å². The van der Waals surface area contributed by atoms with Crippen molar-refractivity contribution in [2.24, 2.45) is 0 Å². The molecule has 1 aromatic rings. The van der Waals surface area contributed by atoms with Crippen LogP contribution in [0.2, 0.25) is 0 Å². The van der Waals surface area contributed by atoms with E-state index in [1.807, 2.05) is 18.2 Å². The highest BCUT2D eigenvalue weighted by atomic mass is 16.2. The molecule has 0 saturated carbocycles. The Morgan fingerprint density at radius 2 is 2.35 bits per heavy atom. The van der Waals surface area contributed by atoms with E-state index in [2.05, 4.69) is 26.5 Å². The second kappa shape index (κ2) is 6.30. The van der Waals surface area contributed by atoms with Crippen molar-refractivity contribution in [2.75, 3.05) is 13.1 Å². The fraction of sp³-hybridized carbons (Fsp3) is 0.571. The lowest BCUT2D eigenvalue weighted by molar-refractivity contribution is -0.122. The number of nitrogens with zero attached hydrogens (tertiary/aromatic N) is 1. The SMILES string of the molecule is O=C(NC[C@H]1CCCN1)C1CC(c2ccccn2)NN1. The van der Waals surface area contributed by atoms with E-state index in [-0.39, 0.29) is 18.0 Å². The van der Waals surface area contributed by atoms with Crippen LogP contribution in [0.4, 0.5) is 0 Å². The first-order valence-corrected chi connectivity index (χ1v) is 7.26. The minimum absolute atomic E-state index is 0.0598. The van der Waals surface area contributed by atoms with Crippen molar-refractivity contribution in [2.45, 2.75) is 37.4 Å². The molecular weight excluding hydrogens is 254 g/mol. The summed E-state index contributed by atoms with van der Waals surface area (Å²) in [6.07, 6.45) is 4.84. The number of carbonyl (C=O) groups is 1. The summed E-state index contributed by atoms with van der Waals surface area (Å²) >= 11 is 0. The molecule has 3 heterocycles. The number of hydrogen-bond acceptors (Lipinski definition) is 5. The van der Waals surface area contributed by atoms with Crippen LogP contribution in [0.5, 0.6) is 0 Å². The second-order valence-electron chi connectivity index (χ2n) is 5.42. The molecule has 2 saturated heterocycles. The van der Waals surface area contributed by atoms with Crippen LogP contribution in [-0.4, -0.2) is 36.1 Å². The third kappa shape index (κ3) is 3.15. The molecule has 3 atom stereocenters. The number of amides is 1. The third-order valence-electron chi connectivity index (χ3n) is 3.95. The molecule has 20 heavy (non-hydrogen) atoms.